The molecule has 2 atom stereocenters. The van der Waals surface area contributed by atoms with Crippen molar-refractivity contribution in [2.24, 2.45) is 5.92 Å². The molecule has 0 radical (unpaired) electrons. The van der Waals surface area contributed by atoms with Gasteiger partial charge < -0.3 is 14.5 Å². The van der Waals surface area contributed by atoms with Gasteiger partial charge in [-0.15, -0.1) is 10.2 Å². The molecular weight excluding hydrogens is 268 g/mol. The van der Waals surface area contributed by atoms with Gasteiger partial charge in [0.05, 0.1) is 19.3 Å². The van der Waals surface area contributed by atoms with Crippen molar-refractivity contribution in [3.05, 3.63) is 18.2 Å². The van der Waals surface area contributed by atoms with Crippen LogP contribution in [-0.2, 0) is 4.74 Å². The molecule has 1 amide bonds. The van der Waals surface area contributed by atoms with Gasteiger partial charge in [0, 0.05) is 12.1 Å². The number of carbonyl (C=O) groups is 1. The van der Waals surface area contributed by atoms with Crippen LogP contribution in [0.25, 0.3) is 10.8 Å². The van der Waals surface area contributed by atoms with E-state index in [2.05, 4.69) is 19.9 Å². The SMILES string of the molecule is CC1COCC1NC(=O)c1nnc(-c2ccns2)o1. The molecule has 1 N–H and O–H groups in total. The van der Waals surface area contributed by atoms with Crippen molar-refractivity contribution in [3.63, 3.8) is 0 Å². The highest BCUT2D eigenvalue weighted by molar-refractivity contribution is 7.09. The minimum atomic E-state index is -0.370. The molecule has 2 aromatic heterocycles. The fourth-order valence-electron chi connectivity index (χ4n) is 1.82. The summed E-state index contributed by atoms with van der Waals surface area (Å²) in [6.07, 6.45) is 1.64. The molecule has 0 spiro atoms. The van der Waals surface area contributed by atoms with E-state index in [1.165, 1.54) is 11.5 Å². The number of nitrogens with one attached hydrogen (secondary N) is 1. The first-order valence-corrected chi connectivity index (χ1v) is 6.64. The van der Waals surface area contributed by atoms with Gasteiger partial charge in [0.25, 0.3) is 5.89 Å². The first-order valence-electron chi connectivity index (χ1n) is 5.87. The zero-order valence-electron chi connectivity index (χ0n) is 10.2. The summed E-state index contributed by atoms with van der Waals surface area (Å²) >= 11 is 1.24. The topological polar surface area (TPSA) is 90.1 Å². The molecule has 3 heterocycles. The number of aromatic nitrogens is 3. The van der Waals surface area contributed by atoms with Gasteiger partial charge in [-0.05, 0) is 17.6 Å². The van der Waals surface area contributed by atoms with E-state index in [9.17, 15) is 4.79 Å². The van der Waals surface area contributed by atoms with Crippen LogP contribution in [0.2, 0.25) is 0 Å². The molecule has 1 aliphatic rings. The maximum absolute atomic E-state index is 12.0. The number of amides is 1. The van der Waals surface area contributed by atoms with Crippen LogP contribution < -0.4 is 5.32 Å². The Bertz CT molecular complexity index is 568. The van der Waals surface area contributed by atoms with Crippen molar-refractivity contribution in [3.8, 4) is 10.8 Å². The van der Waals surface area contributed by atoms with E-state index in [0.29, 0.717) is 19.1 Å². The molecule has 0 aromatic carbocycles. The van der Waals surface area contributed by atoms with Crippen LogP contribution in [0, 0.1) is 5.92 Å². The lowest BCUT2D eigenvalue weighted by Crippen LogP contribution is -2.39. The molecule has 8 heteroatoms. The van der Waals surface area contributed by atoms with Gasteiger partial charge in [0.1, 0.15) is 4.88 Å². The predicted molar refractivity (Wildman–Crippen MR) is 66.6 cm³/mol. The van der Waals surface area contributed by atoms with Gasteiger partial charge in [-0.1, -0.05) is 6.92 Å². The summed E-state index contributed by atoms with van der Waals surface area (Å²) in [5.74, 6) is 0.185. The van der Waals surface area contributed by atoms with Crippen LogP contribution in [0.1, 0.15) is 17.6 Å². The van der Waals surface area contributed by atoms with Crippen molar-refractivity contribution in [2.45, 2.75) is 13.0 Å². The van der Waals surface area contributed by atoms with Crippen molar-refractivity contribution in [1.82, 2.24) is 19.9 Å². The Balaban J connectivity index is 1.70. The second-order valence-electron chi connectivity index (χ2n) is 4.38. The normalized spacial score (nSPS) is 22.6. The van der Waals surface area contributed by atoms with E-state index >= 15 is 0 Å². The van der Waals surface area contributed by atoms with Gasteiger partial charge in [-0.25, -0.2) is 4.37 Å². The number of nitrogens with zero attached hydrogens (tertiary/aromatic N) is 3. The predicted octanol–water partition coefficient (Wildman–Crippen LogP) is 0.958. The lowest BCUT2D eigenvalue weighted by atomic mass is 10.1. The Hall–Kier alpha value is -1.80. The third kappa shape index (κ3) is 2.49. The monoisotopic (exact) mass is 280 g/mol. The van der Waals surface area contributed by atoms with E-state index < -0.39 is 0 Å². The van der Waals surface area contributed by atoms with Gasteiger partial charge >= 0.3 is 11.8 Å². The van der Waals surface area contributed by atoms with Crippen LogP contribution in [0.15, 0.2) is 16.7 Å². The third-order valence-corrected chi connectivity index (χ3v) is 3.68. The molecule has 19 heavy (non-hydrogen) atoms. The van der Waals surface area contributed by atoms with Crippen molar-refractivity contribution in [2.75, 3.05) is 13.2 Å². The summed E-state index contributed by atoms with van der Waals surface area (Å²) in [5, 5.41) is 10.4. The van der Waals surface area contributed by atoms with Crippen molar-refractivity contribution in [1.29, 1.82) is 0 Å². The molecular formula is C11H12N4O3S. The largest absolute Gasteiger partial charge is 0.411 e. The lowest BCUT2D eigenvalue weighted by molar-refractivity contribution is 0.0891. The molecule has 1 fully saturated rings. The van der Waals surface area contributed by atoms with Gasteiger partial charge in [0.2, 0.25) is 0 Å². The Labute approximate surface area is 113 Å². The van der Waals surface area contributed by atoms with Gasteiger partial charge in [0.15, 0.2) is 0 Å². The van der Waals surface area contributed by atoms with Crippen LogP contribution in [0.4, 0.5) is 0 Å². The van der Waals surface area contributed by atoms with E-state index in [1.807, 2.05) is 6.92 Å². The summed E-state index contributed by atoms with van der Waals surface area (Å²) in [4.78, 5) is 12.7. The average molecular weight is 280 g/mol. The number of rotatable bonds is 3. The zero-order chi connectivity index (χ0) is 13.2. The van der Waals surface area contributed by atoms with Gasteiger partial charge in [-0.3, -0.25) is 4.79 Å². The third-order valence-electron chi connectivity index (χ3n) is 2.95. The van der Waals surface area contributed by atoms with E-state index in [0.717, 1.165) is 4.88 Å². The maximum Gasteiger partial charge on any atom is 0.309 e. The summed E-state index contributed by atoms with van der Waals surface area (Å²) in [6, 6.07) is 1.75. The Morgan fingerprint density at radius 3 is 3.05 bits per heavy atom. The molecule has 0 saturated carbocycles. The minimum Gasteiger partial charge on any atom is -0.411 e. The number of ether oxygens (including phenoxy) is 1. The summed E-state index contributed by atoms with van der Waals surface area (Å²) < 4.78 is 14.6. The molecule has 2 unspecified atom stereocenters. The van der Waals surface area contributed by atoms with Crippen LogP contribution in [0.3, 0.4) is 0 Å². The highest BCUT2D eigenvalue weighted by Crippen LogP contribution is 2.21. The van der Waals surface area contributed by atoms with Crippen LogP contribution >= 0.6 is 11.5 Å². The van der Waals surface area contributed by atoms with Crippen molar-refractivity contribution >= 4 is 17.4 Å². The van der Waals surface area contributed by atoms with E-state index in [4.69, 9.17) is 9.15 Å². The van der Waals surface area contributed by atoms with E-state index in [1.54, 1.807) is 12.3 Å². The molecule has 100 valence electrons. The first kappa shape index (κ1) is 12.2. The average Bonchev–Trinajstić information content (AvgIpc) is 3.09. The highest BCUT2D eigenvalue weighted by Gasteiger charge is 2.28. The number of hydrogen-bond donors (Lipinski definition) is 1. The molecule has 0 bridgehead atoms. The van der Waals surface area contributed by atoms with E-state index in [-0.39, 0.29) is 23.8 Å². The minimum absolute atomic E-state index is 0.00810. The lowest BCUT2D eigenvalue weighted by Gasteiger charge is -2.13. The second-order valence-corrected chi connectivity index (χ2v) is 5.22. The number of hydrogen-bond acceptors (Lipinski definition) is 7. The second kappa shape index (κ2) is 5.06. The number of carbonyl (C=O) groups excluding carboxylic acids is 1. The highest BCUT2D eigenvalue weighted by atomic mass is 32.1. The van der Waals surface area contributed by atoms with Gasteiger partial charge in [-0.2, -0.15) is 0 Å². The van der Waals surface area contributed by atoms with Crippen LogP contribution in [0.5, 0.6) is 0 Å². The van der Waals surface area contributed by atoms with Crippen molar-refractivity contribution < 1.29 is 13.9 Å². The Kier molecular flexibility index (Phi) is 3.26. The zero-order valence-corrected chi connectivity index (χ0v) is 11.0. The fourth-order valence-corrected chi connectivity index (χ4v) is 2.33. The summed E-state index contributed by atoms with van der Waals surface area (Å²) in [6.45, 7) is 3.19. The molecule has 2 aromatic rings. The first-order chi connectivity index (χ1) is 9.24. The summed E-state index contributed by atoms with van der Waals surface area (Å²) in [7, 11) is 0. The Morgan fingerprint density at radius 1 is 1.47 bits per heavy atom. The molecule has 1 saturated heterocycles. The molecule has 0 aliphatic carbocycles. The molecule has 3 rings (SSSR count). The smallest absolute Gasteiger partial charge is 0.309 e. The Morgan fingerprint density at radius 2 is 2.37 bits per heavy atom. The fraction of sp³-hybridized carbons (Fsp3) is 0.455. The maximum atomic E-state index is 12.0. The summed E-state index contributed by atoms with van der Waals surface area (Å²) in [5.41, 5.74) is 0. The van der Waals surface area contributed by atoms with Crippen LogP contribution in [-0.4, -0.2) is 39.7 Å². The quantitative estimate of drug-likeness (QED) is 0.900. The molecule has 1 aliphatic heterocycles. The molecule has 7 nitrogen and oxygen atoms in total. The standard InChI is InChI=1S/C11H12N4O3S/c1-6-4-17-5-7(6)13-9(16)11-15-14-10(18-11)8-2-3-12-19-8/h2-3,6-7H,4-5H2,1H3,(H,13,16).